The van der Waals surface area contributed by atoms with Crippen LogP contribution in [0.5, 0.6) is 0 Å². The molecule has 2 nitrogen and oxygen atoms in total. The quantitative estimate of drug-likeness (QED) is 0.447. The summed E-state index contributed by atoms with van der Waals surface area (Å²) >= 11 is 0. The van der Waals surface area contributed by atoms with Crippen LogP contribution in [-0.2, 0) is 9.53 Å². The fraction of sp³-hybridized carbons (Fsp3) is 0.864. The van der Waals surface area contributed by atoms with Gasteiger partial charge in [-0.05, 0) is 80.0 Å². The SMILES string of the molecule is CC1(C)CCC2=C1CC[C@@H]1[C@@H]2CC[C@@H]2C[C@@H]3OC(=O)C[C@H]3C[C@@]21C. The summed E-state index contributed by atoms with van der Waals surface area (Å²) in [7, 11) is 0. The van der Waals surface area contributed by atoms with Crippen LogP contribution in [0.3, 0.4) is 0 Å². The molecule has 0 aromatic carbocycles. The molecule has 1 heterocycles. The van der Waals surface area contributed by atoms with Crippen molar-refractivity contribution in [2.24, 2.45) is 34.5 Å². The van der Waals surface area contributed by atoms with Crippen molar-refractivity contribution in [3.05, 3.63) is 11.1 Å². The summed E-state index contributed by atoms with van der Waals surface area (Å²) in [4.78, 5) is 11.8. The smallest absolute Gasteiger partial charge is 0.306 e. The number of fused-ring (bicyclic) bond motifs is 5. The summed E-state index contributed by atoms with van der Waals surface area (Å²) in [5.41, 5.74) is 4.61. The largest absolute Gasteiger partial charge is 0.462 e. The van der Waals surface area contributed by atoms with E-state index >= 15 is 0 Å². The lowest BCUT2D eigenvalue weighted by Gasteiger charge is -2.57. The van der Waals surface area contributed by atoms with E-state index in [-0.39, 0.29) is 12.1 Å². The zero-order valence-electron chi connectivity index (χ0n) is 15.6. The summed E-state index contributed by atoms with van der Waals surface area (Å²) in [5.74, 6) is 3.07. The van der Waals surface area contributed by atoms with Crippen molar-refractivity contribution in [1.29, 1.82) is 0 Å². The van der Waals surface area contributed by atoms with Crippen molar-refractivity contribution >= 4 is 5.97 Å². The molecule has 4 aliphatic carbocycles. The molecule has 1 aliphatic heterocycles. The molecular formula is C22H32O2. The summed E-state index contributed by atoms with van der Waals surface area (Å²) in [6, 6.07) is 0. The average molecular weight is 328 g/mol. The molecule has 2 saturated carbocycles. The predicted octanol–water partition coefficient (Wildman–Crippen LogP) is 5.27. The van der Waals surface area contributed by atoms with E-state index in [1.165, 1.54) is 44.9 Å². The second kappa shape index (κ2) is 4.89. The molecule has 0 radical (unpaired) electrons. The van der Waals surface area contributed by atoms with Crippen LogP contribution in [0.25, 0.3) is 0 Å². The number of hydrogen-bond donors (Lipinski definition) is 0. The van der Waals surface area contributed by atoms with Gasteiger partial charge in [0.25, 0.3) is 0 Å². The fourth-order valence-electron chi connectivity index (χ4n) is 7.67. The number of allylic oxidation sites excluding steroid dienone is 2. The third-order valence-electron chi connectivity index (χ3n) is 8.92. The van der Waals surface area contributed by atoms with Gasteiger partial charge in [0.2, 0.25) is 0 Å². The van der Waals surface area contributed by atoms with Crippen LogP contribution >= 0.6 is 0 Å². The van der Waals surface area contributed by atoms with Gasteiger partial charge in [0.1, 0.15) is 6.10 Å². The third kappa shape index (κ3) is 1.98. The second-order valence-electron chi connectivity index (χ2n) is 10.4. The first kappa shape index (κ1) is 15.5. The number of carbonyl (C=O) groups excluding carboxylic acids is 1. The number of esters is 1. The minimum absolute atomic E-state index is 0.0648. The van der Waals surface area contributed by atoms with Gasteiger partial charge in [0.05, 0.1) is 6.42 Å². The molecule has 0 amide bonds. The summed E-state index contributed by atoms with van der Waals surface area (Å²) in [6.45, 7) is 7.52. The maximum atomic E-state index is 11.8. The highest BCUT2D eigenvalue weighted by Gasteiger charge is 2.57. The van der Waals surface area contributed by atoms with E-state index in [9.17, 15) is 4.79 Å². The lowest BCUT2D eigenvalue weighted by atomic mass is 9.47. The normalized spacial score (nSPS) is 49.1. The average Bonchev–Trinajstić information content (AvgIpc) is 3.03. The fourth-order valence-corrected chi connectivity index (χ4v) is 7.67. The van der Waals surface area contributed by atoms with Gasteiger partial charge in [0, 0.05) is 5.92 Å². The highest BCUT2D eigenvalue weighted by Crippen LogP contribution is 2.65. The van der Waals surface area contributed by atoms with Gasteiger partial charge in [-0.2, -0.15) is 0 Å². The first-order valence-electron chi connectivity index (χ1n) is 10.3. The zero-order chi connectivity index (χ0) is 16.7. The van der Waals surface area contributed by atoms with Crippen LogP contribution in [-0.4, -0.2) is 12.1 Å². The Morgan fingerprint density at radius 1 is 1.08 bits per heavy atom. The maximum Gasteiger partial charge on any atom is 0.306 e. The number of carbonyl (C=O) groups is 1. The Labute approximate surface area is 146 Å². The van der Waals surface area contributed by atoms with Gasteiger partial charge in [-0.25, -0.2) is 0 Å². The summed E-state index contributed by atoms with van der Waals surface area (Å²) in [6.07, 6.45) is 11.5. The molecule has 5 rings (SSSR count). The molecular weight excluding hydrogens is 296 g/mol. The Hall–Kier alpha value is -0.790. The Kier molecular flexibility index (Phi) is 3.15. The van der Waals surface area contributed by atoms with Gasteiger partial charge < -0.3 is 4.74 Å². The lowest BCUT2D eigenvalue weighted by Crippen LogP contribution is -2.51. The molecule has 0 unspecified atom stereocenters. The Morgan fingerprint density at radius 2 is 1.92 bits per heavy atom. The Bertz CT molecular complexity index is 615. The lowest BCUT2D eigenvalue weighted by molar-refractivity contribution is -0.145. The van der Waals surface area contributed by atoms with Gasteiger partial charge in [-0.15, -0.1) is 0 Å². The minimum Gasteiger partial charge on any atom is -0.462 e. The van der Waals surface area contributed by atoms with Crippen molar-refractivity contribution in [2.45, 2.75) is 84.7 Å². The first-order chi connectivity index (χ1) is 11.4. The van der Waals surface area contributed by atoms with Crippen LogP contribution in [0.15, 0.2) is 11.1 Å². The molecule has 0 aromatic rings. The van der Waals surface area contributed by atoms with E-state index in [0.717, 1.165) is 24.2 Å². The van der Waals surface area contributed by atoms with Crippen LogP contribution in [0.2, 0.25) is 0 Å². The number of hydrogen-bond acceptors (Lipinski definition) is 2. The first-order valence-corrected chi connectivity index (χ1v) is 10.3. The van der Waals surface area contributed by atoms with Gasteiger partial charge >= 0.3 is 5.97 Å². The van der Waals surface area contributed by atoms with Crippen LogP contribution in [0.1, 0.15) is 78.6 Å². The van der Waals surface area contributed by atoms with Crippen LogP contribution in [0, 0.1) is 34.5 Å². The molecule has 0 spiro atoms. The van der Waals surface area contributed by atoms with E-state index < -0.39 is 0 Å². The highest BCUT2D eigenvalue weighted by molar-refractivity contribution is 5.72. The molecule has 24 heavy (non-hydrogen) atoms. The molecule has 2 heteroatoms. The molecule has 132 valence electrons. The third-order valence-corrected chi connectivity index (χ3v) is 8.92. The number of ether oxygens (including phenoxy) is 1. The van der Waals surface area contributed by atoms with Gasteiger partial charge in [0.15, 0.2) is 0 Å². The summed E-state index contributed by atoms with van der Waals surface area (Å²) < 4.78 is 5.64. The van der Waals surface area contributed by atoms with E-state index in [4.69, 9.17) is 4.74 Å². The van der Waals surface area contributed by atoms with E-state index in [2.05, 4.69) is 20.8 Å². The number of rotatable bonds is 0. The standard InChI is InChI=1S/C22H32O2/c1-21(2)9-8-16-15-5-4-14-11-19-13(10-20(23)24-19)12-22(14,3)18(15)7-6-17(16)21/h13-15,18-19H,4-12H2,1-3H3/t13-,14+,15+,18+,19-,22-/m0/s1. The summed E-state index contributed by atoms with van der Waals surface area (Å²) in [5, 5.41) is 0. The maximum absolute atomic E-state index is 11.8. The van der Waals surface area contributed by atoms with Crippen molar-refractivity contribution in [3.8, 4) is 0 Å². The minimum atomic E-state index is 0.0648. The molecule has 5 aliphatic rings. The Balaban J connectivity index is 1.47. The van der Waals surface area contributed by atoms with Crippen molar-refractivity contribution < 1.29 is 9.53 Å². The Morgan fingerprint density at radius 3 is 2.75 bits per heavy atom. The molecule has 1 saturated heterocycles. The molecule has 0 aromatic heterocycles. The molecule has 3 fully saturated rings. The van der Waals surface area contributed by atoms with E-state index in [0.29, 0.717) is 23.2 Å². The van der Waals surface area contributed by atoms with E-state index in [1.54, 1.807) is 0 Å². The topological polar surface area (TPSA) is 26.3 Å². The highest BCUT2D eigenvalue weighted by atomic mass is 16.5. The van der Waals surface area contributed by atoms with Crippen LogP contribution in [0.4, 0.5) is 0 Å². The zero-order valence-corrected chi connectivity index (χ0v) is 15.6. The monoisotopic (exact) mass is 328 g/mol. The molecule has 0 bridgehead atoms. The second-order valence-corrected chi connectivity index (χ2v) is 10.4. The molecule has 0 N–H and O–H groups in total. The van der Waals surface area contributed by atoms with Crippen LogP contribution < -0.4 is 0 Å². The van der Waals surface area contributed by atoms with Crippen molar-refractivity contribution in [2.75, 3.05) is 0 Å². The predicted molar refractivity (Wildman–Crippen MR) is 94.3 cm³/mol. The van der Waals surface area contributed by atoms with E-state index in [1.807, 2.05) is 11.1 Å². The van der Waals surface area contributed by atoms with Gasteiger partial charge in [-0.1, -0.05) is 31.9 Å². The molecule has 6 atom stereocenters. The van der Waals surface area contributed by atoms with Crippen molar-refractivity contribution in [3.63, 3.8) is 0 Å². The van der Waals surface area contributed by atoms with Gasteiger partial charge in [-0.3, -0.25) is 4.79 Å². The van der Waals surface area contributed by atoms with Crippen molar-refractivity contribution in [1.82, 2.24) is 0 Å².